The fraction of sp³-hybridized carbons (Fsp3) is 0.471. The van der Waals surface area contributed by atoms with Crippen LogP contribution in [0.4, 0.5) is 0 Å². The molecule has 1 aromatic carbocycles. The van der Waals surface area contributed by atoms with E-state index < -0.39 is 5.92 Å². The van der Waals surface area contributed by atoms with Gasteiger partial charge in [0.1, 0.15) is 12.0 Å². The van der Waals surface area contributed by atoms with Gasteiger partial charge in [0.25, 0.3) is 0 Å². The van der Waals surface area contributed by atoms with Crippen molar-refractivity contribution in [3.8, 4) is 0 Å². The SMILES string of the molecule is CN1[C@@H]2C=C[C@@H]1CC(OC(=O)C(CO)c1ccccc1)C2. The number of hydrogen-bond donors (Lipinski definition) is 1. The van der Waals surface area contributed by atoms with Crippen molar-refractivity contribution in [2.24, 2.45) is 0 Å². The molecule has 21 heavy (non-hydrogen) atoms. The zero-order valence-corrected chi connectivity index (χ0v) is 12.2. The molecule has 2 aliphatic rings. The van der Waals surface area contributed by atoms with Crippen LogP contribution in [-0.2, 0) is 9.53 Å². The number of benzene rings is 1. The zero-order valence-electron chi connectivity index (χ0n) is 12.2. The number of aliphatic hydroxyl groups is 1. The highest BCUT2D eigenvalue weighted by Gasteiger charge is 2.37. The second-order valence-electron chi connectivity index (χ2n) is 5.86. The van der Waals surface area contributed by atoms with Gasteiger partial charge in [0.15, 0.2) is 0 Å². The average molecular weight is 287 g/mol. The van der Waals surface area contributed by atoms with Crippen molar-refractivity contribution in [1.82, 2.24) is 4.90 Å². The Morgan fingerprint density at radius 2 is 1.90 bits per heavy atom. The first-order valence-corrected chi connectivity index (χ1v) is 7.45. The maximum atomic E-state index is 12.3. The molecule has 3 atom stereocenters. The Bertz CT molecular complexity index is 512. The maximum absolute atomic E-state index is 12.3. The van der Waals surface area contributed by atoms with Crippen LogP contribution < -0.4 is 0 Å². The number of nitrogens with zero attached hydrogens (tertiary/aromatic N) is 1. The Hall–Kier alpha value is -1.65. The van der Waals surface area contributed by atoms with E-state index in [0.717, 1.165) is 18.4 Å². The minimum atomic E-state index is -0.587. The van der Waals surface area contributed by atoms with Crippen LogP contribution in [0.3, 0.4) is 0 Å². The van der Waals surface area contributed by atoms with Crippen LogP contribution in [0, 0.1) is 0 Å². The number of fused-ring (bicyclic) bond motifs is 2. The third-order valence-electron chi connectivity index (χ3n) is 4.56. The molecule has 2 bridgehead atoms. The van der Waals surface area contributed by atoms with E-state index in [1.807, 2.05) is 30.3 Å². The van der Waals surface area contributed by atoms with Crippen LogP contribution in [0.15, 0.2) is 42.5 Å². The van der Waals surface area contributed by atoms with Crippen LogP contribution in [-0.4, -0.2) is 47.8 Å². The fourth-order valence-corrected chi connectivity index (χ4v) is 3.24. The minimum absolute atomic E-state index is 0.0588. The molecule has 0 aliphatic carbocycles. The fourth-order valence-electron chi connectivity index (χ4n) is 3.24. The first kappa shape index (κ1) is 14.3. The molecule has 4 heteroatoms. The van der Waals surface area contributed by atoms with Gasteiger partial charge in [-0.1, -0.05) is 42.5 Å². The molecule has 1 fully saturated rings. The van der Waals surface area contributed by atoms with Crippen molar-refractivity contribution < 1.29 is 14.6 Å². The highest BCUT2D eigenvalue weighted by atomic mass is 16.5. The number of esters is 1. The molecular formula is C17H21NO3. The molecule has 4 nitrogen and oxygen atoms in total. The van der Waals surface area contributed by atoms with Gasteiger partial charge in [-0.05, 0) is 12.6 Å². The molecule has 2 aliphatic heterocycles. The Morgan fingerprint density at radius 3 is 2.48 bits per heavy atom. The number of ether oxygens (including phenoxy) is 1. The van der Waals surface area contributed by atoms with Gasteiger partial charge in [0.05, 0.1) is 6.61 Å². The maximum Gasteiger partial charge on any atom is 0.316 e. The molecule has 1 N–H and O–H groups in total. The van der Waals surface area contributed by atoms with Crippen molar-refractivity contribution in [3.63, 3.8) is 0 Å². The van der Waals surface area contributed by atoms with Gasteiger partial charge in [-0.3, -0.25) is 9.69 Å². The molecule has 3 rings (SSSR count). The minimum Gasteiger partial charge on any atom is -0.462 e. The number of likely N-dealkylation sites (N-methyl/N-ethyl adjacent to an activating group) is 1. The van der Waals surface area contributed by atoms with Crippen LogP contribution >= 0.6 is 0 Å². The van der Waals surface area contributed by atoms with E-state index in [1.165, 1.54) is 0 Å². The average Bonchev–Trinajstić information content (AvgIpc) is 2.72. The van der Waals surface area contributed by atoms with Crippen molar-refractivity contribution in [2.45, 2.75) is 36.9 Å². The quantitative estimate of drug-likeness (QED) is 0.676. The van der Waals surface area contributed by atoms with Gasteiger partial charge in [-0.15, -0.1) is 0 Å². The van der Waals surface area contributed by atoms with Gasteiger partial charge in [-0.2, -0.15) is 0 Å². The molecule has 0 saturated carbocycles. The summed E-state index contributed by atoms with van der Waals surface area (Å²) in [6.07, 6.45) is 6.00. The predicted octanol–water partition coefficient (Wildman–Crippen LogP) is 1.71. The topological polar surface area (TPSA) is 49.8 Å². The van der Waals surface area contributed by atoms with E-state index in [9.17, 15) is 9.90 Å². The second-order valence-corrected chi connectivity index (χ2v) is 5.86. The highest BCUT2D eigenvalue weighted by Crippen LogP contribution is 2.31. The second kappa shape index (κ2) is 6.00. The molecule has 0 radical (unpaired) electrons. The van der Waals surface area contributed by atoms with Gasteiger partial charge in [0, 0.05) is 24.9 Å². The number of carbonyl (C=O) groups is 1. The Balaban J connectivity index is 1.64. The third kappa shape index (κ3) is 2.87. The molecule has 2 heterocycles. The monoisotopic (exact) mass is 287 g/mol. The lowest BCUT2D eigenvalue weighted by Gasteiger charge is -2.36. The number of rotatable bonds is 4. The first-order chi connectivity index (χ1) is 10.2. The zero-order chi connectivity index (χ0) is 14.8. The summed E-state index contributed by atoms with van der Waals surface area (Å²) in [5.74, 6) is -0.908. The molecule has 112 valence electrons. The van der Waals surface area contributed by atoms with Crippen LogP contribution in [0.1, 0.15) is 24.3 Å². The van der Waals surface area contributed by atoms with Gasteiger partial charge < -0.3 is 9.84 Å². The standard InChI is InChI=1S/C17H21NO3/c1-18-13-7-8-14(18)10-15(9-13)21-17(20)16(11-19)12-5-3-2-4-6-12/h2-8,13-16,19H,9-11H2,1H3/t13-,14-,16?/m1/s1. The largest absolute Gasteiger partial charge is 0.462 e. The van der Waals surface area contributed by atoms with E-state index in [-0.39, 0.29) is 18.7 Å². The molecule has 0 aromatic heterocycles. The number of hydrogen-bond acceptors (Lipinski definition) is 4. The van der Waals surface area contributed by atoms with Crippen molar-refractivity contribution >= 4 is 5.97 Å². The van der Waals surface area contributed by atoms with E-state index in [1.54, 1.807) is 0 Å². The summed E-state index contributed by atoms with van der Waals surface area (Å²) in [5, 5.41) is 9.52. The van der Waals surface area contributed by atoms with Crippen molar-refractivity contribution in [1.29, 1.82) is 0 Å². The smallest absolute Gasteiger partial charge is 0.316 e. The van der Waals surface area contributed by atoms with E-state index in [0.29, 0.717) is 12.1 Å². The summed E-state index contributed by atoms with van der Waals surface area (Å²) >= 11 is 0. The Kier molecular flexibility index (Phi) is 4.08. The summed E-state index contributed by atoms with van der Waals surface area (Å²) in [4.78, 5) is 14.7. The lowest BCUT2D eigenvalue weighted by molar-refractivity contribution is -0.155. The molecular weight excluding hydrogens is 266 g/mol. The van der Waals surface area contributed by atoms with E-state index in [4.69, 9.17) is 4.74 Å². The molecule has 1 saturated heterocycles. The normalized spacial score (nSPS) is 29.3. The summed E-state index contributed by atoms with van der Waals surface area (Å²) in [5.41, 5.74) is 0.805. The van der Waals surface area contributed by atoms with E-state index >= 15 is 0 Å². The van der Waals surface area contributed by atoms with Crippen molar-refractivity contribution in [2.75, 3.05) is 13.7 Å². The summed E-state index contributed by atoms with van der Waals surface area (Å²) < 4.78 is 5.66. The predicted molar refractivity (Wildman–Crippen MR) is 79.9 cm³/mol. The summed E-state index contributed by atoms with van der Waals surface area (Å²) in [6, 6.07) is 10.1. The van der Waals surface area contributed by atoms with Gasteiger partial charge in [0.2, 0.25) is 0 Å². The van der Waals surface area contributed by atoms with Crippen molar-refractivity contribution in [3.05, 3.63) is 48.0 Å². The molecule has 0 amide bonds. The lowest BCUT2D eigenvalue weighted by Crippen LogP contribution is -2.44. The third-order valence-corrected chi connectivity index (χ3v) is 4.56. The highest BCUT2D eigenvalue weighted by molar-refractivity contribution is 5.78. The van der Waals surface area contributed by atoms with Gasteiger partial charge >= 0.3 is 5.97 Å². The lowest BCUT2D eigenvalue weighted by atomic mass is 9.98. The number of carbonyl (C=O) groups excluding carboxylic acids is 1. The van der Waals surface area contributed by atoms with E-state index in [2.05, 4.69) is 24.1 Å². The van der Waals surface area contributed by atoms with Gasteiger partial charge in [-0.25, -0.2) is 0 Å². The first-order valence-electron chi connectivity index (χ1n) is 7.45. The Labute approximate surface area is 125 Å². The number of piperidine rings is 1. The number of aliphatic hydroxyl groups excluding tert-OH is 1. The Morgan fingerprint density at radius 1 is 1.29 bits per heavy atom. The van der Waals surface area contributed by atoms with Crippen LogP contribution in [0.5, 0.6) is 0 Å². The van der Waals surface area contributed by atoms with Crippen LogP contribution in [0.2, 0.25) is 0 Å². The molecule has 1 unspecified atom stereocenters. The van der Waals surface area contributed by atoms with Crippen LogP contribution in [0.25, 0.3) is 0 Å². The molecule has 1 aromatic rings. The molecule has 0 spiro atoms. The summed E-state index contributed by atoms with van der Waals surface area (Å²) in [7, 11) is 2.11. The summed E-state index contributed by atoms with van der Waals surface area (Å²) in [6.45, 7) is -0.222.